The fourth-order valence-corrected chi connectivity index (χ4v) is 1.44. The van der Waals surface area contributed by atoms with Gasteiger partial charge in [-0.1, -0.05) is 11.6 Å². The third kappa shape index (κ3) is 2.49. The van der Waals surface area contributed by atoms with Crippen molar-refractivity contribution in [1.82, 2.24) is 9.97 Å². The third-order valence-electron chi connectivity index (χ3n) is 1.99. The molecule has 84 valence electrons. The first-order chi connectivity index (χ1) is 8.20. The highest BCUT2D eigenvalue weighted by Crippen LogP contribution is 2.25. The SMILES string of the molecule is N#Cc1nccnc1Nc1ccc(F)cc1Cl. The van der Waals surface area contributed by atoms with E-state index in [4.69, 9.17) is 16.9 Å². The monoisotopic (exact) mass is 248 g/mol. The van der Waals surface area contributed by atoms with E-state index in [2.05, 4.69) is 15.3 Å². The Hall–Kier alpha value is -2.19. The molecule has 1 aromatic carbocycles. The standard InChI is InChI=1S/C11H6ClFN4/c12-8-5-7(13)1-2-9(8)17-11-10(6-14)15-3-4-16-11/h1-5H,(H,16,17). The summed E-state index contributed by atoms with van der Waals surface area (Å²) in [6.45, 7) is 0. The molecule has 1 aromatic heterocycles. The second kappa shape index (κ2) is 4.76. The lowest BCUT2D eigenvalue weighted by Crippen LogP contribution is -1.99. The molecule has 0 amide bonds. The van der Waals surface area contributed by atoms with Gasteiger partial charge in [-0.25, -0.2) is 14.4 Å². The van der Waals surface area contributed by atoms with Crippen molar-refractivity contribution >= 4 is 23.1 Å². The molecule has 0 aliphatic heterocycles. The molecule has 0 unspecified atom stereocenters. The number of hydrogen-bond acceptors (Lipinski definition) is 4. The van der Waals surface area contributed by atoms with Gasteiger partial charge in [-0.05, 0) is 18.2 Å². The molecule has 0 aliphatic carbocycles. The van der Waals surface area contributed by atoms with Gasteiger partial charge in [0.25, 0.3) is 0 Å². The molecule has 0 atom stereocenters. The Balaban J connectivity index is 2.35. The minimum Gasteiger partial charge on any atom is -0.337 e. The molecule has 0 aliphatic rings. The summed E-state index contributed by atoms with van der Waals surface area (Å²) in [5.41, 5.74) is 0.609. The van der Waals surface area contributed by atoms with E-state index in [0.29, 0.717) is 5.69 Å². The molecular formula is C11H6ClFN4. The highest BCUT2D eigenvalue weighted by atomic mass is 35.5. The van der Waals surface area contributed by atoms with Crippen LogP contribution in [0.4, 0.5) is 15.9 Å². The second-order valence-electron chi connectivity index (χ2n) is 3.11. The normalized spacial score (nSPS) is 9.71. The number of halogens is 2. The van der Waals surface area contributed by atoms with Crippen LogP contribution in [0.3, 0.4) is 0 Å². The molecule has 2 rings (SSSR count). The van der Waals surface area contributed by atoms with Gasteiger partial charge in [0, 0.05) is 12.4 Å². The molecule has 0 saturated heterocycles. The summed E-state index contributed by atoms with van der Waals surface area (Å²) in [6, 6.07) is 5.79. The molecule has 4 nitrogen and oxygen atoms in total. The van der Waals surface area contributed by atoms with Crippen LogP contribution in [0.2, 0.25) is 5.02 Å². The Morgan fingerprint density at radius 1 is 1.29 bits per heavy atom. The lowest BCUT2D eigenvalue weighted by atomic mass is 10.3. The Kier molecular flexibility index (Phi) is 3.17. The Labute approximate surface area is 102 Å². The predicted molar refractivity (Wildman–Crippen MR) is 61.4 cm³/mol. The van der Waals surface area contributed by atoms with Crippen LogP contribution in [0.25, 0.3) is 0 Å². The fraction of sp³-hybridized carbons (Fsp3) is 0. The highest BCUT2D eigenvalue weighted by molar-refractivity contribution is 6.33. The van der Waals surface area contributed by atoms with Crippen LogP contribution >= 0.6 is 11.6 Å². The van der Waals surface area contributed by atoms with E-state index in [1.165, 1.54) is 30.6 Å². The van der Waals surface area contributed by atoms with Crippen molar-refractivity contribution in [2.75, 3.05) is 5.32 Å². The lowest BCUT2D eigenvalue weighted by Gasteiger charge is -2.07. The molecular weight excluding hydrogens is 243 g/mol. The maximum atomic E-state index is 12.8. The summed E-state index contributed by atoms with van der Waals surface area (Å²) in [5, 5.41) is 11.9. The summed E-state index contributed by atoms with van der Waals surface area (Å²) in [6.07, 6.45) is 2.86. The van der Waals surface area contributed by atoms with Crippen LogP contribution in [-0.2, 0) is 0 Å². The maximum Gasteiger partial charge on any atom is 0.183 e. The van der Waals surface area contributed by atoms with Gasteiger partial charge in [-0.2, -0.15) is 5.26 Å². The van der Waals surface area contributed by atoms with Crippen LogP contribution in [0.15, 0.2) is 30.6 Å². The van der Waals surface area contributed by atoms with Crippen molar-refractivity contribution in [2.24, 2.45) is 0 Å². The summed E-state index contributed by atoms with van der Waals surface area (Å²) in [5.74, 6) is -0.149. The first-order valence-electron chi connectivity index (χ1n) is 4.64. The lowest BCUT2D eigenvalue weighted by molar-refractivity contribution is 0.628. The predicted octanol–water partition coefficient (Wildman–Crippen LogP) is 2.88. The van der Waals surface area contributed by atoms with Crippen LogP contribution in [0.1, 0.15) is 5.69 Å². The minimum absolute atomic E-state index is 0.146. The zero-order valence-corrected chi connectivity index (χ0v) is 9.24. The summed E-state index contributed by atoms with van der Waals surface area (Å²) >= 11 is 5.84. The van der Waals surface area contributed by atoms with Crippen LogP contribution in [-0.4, -0.2) is 9.97 Å². The van der Waals surface area contributed by atoms with Crippen molar-refractivity contribution < 1.29 is 4.39 Å². The molecule has 0 radical (unpaired) electrons. The van der Waals surface area contributed by atoms with E-state index in [9.17, 15) is 4.39 Å². The average molecular weight is 249 g/mol. The zero-order valence-electron chi connectivity index (χ0n) is 8.48. The molecule has 0 bridgehead atoms. The Morgan fingerprint density at radius 2 is 2.06 bits per heavy atom. The van der Waals surface area contributed by atoms with E-state index >= 15 is 0 Å². The molecule has 6 heteroatoms. The van der Waals surface area contributed by atoms with Gasteiger partial charge in [-0.3, -0.25) is 0 Å². The Morgan fingerprint density at radius 3 is 2.76 bits per heavy atom. The van der Waals surface area contributed by atoms with Crippen molar-refractivity contribution in [3.63, 3.8) is 0 Å². The summed E-state index contributed by atoms with van der Waals surface area (Å²) in [7, 11) is 0. The van der Waals surface area contributed by atoms with Crippen LogP contribution < -0.4 is 5.32 Å². The van der Waals surface area contributed by atoms with Crippen molar-refractivity contribution in [1.29, 1.82) is 5.26 Å². The van der Waals surface area contributed by atoms with E-state index in [0.717, 1.165) is 0 Å². The molecule has 0 spiro atoms. The van der Waals surface area contributed by atoms with Gasteiger partial charge in [0.15, 0.2) is 11.5 Å². The van der Waals surface area contributed by atoms with Crippen LogP contribution in [0.5, 0.6) is 0 Å². The number of nitriles is 1. The second-order valence-corrected chi connectivity index (χ2v) is 3.52. The number of aromatic nitrogens is 2. The molecule has 17 heavy (non-hydrogen) atoms. The number of anilines is 2. The highest BCUT2D eigenvalue weighted by Gasteiger charge is 2.07. The minimum atomic E-state index is -0.430. The number of hydrogen-bond donors (Lipinski definition) is 1. The number of rotatable bonds is 2. The smallest absolute Gasteiger partial charge is 0.183 e. The fourth-order valence-electron chi connectivity index (χ4n) is 1.23. The van der Waals surface area contributed by atoms with Gasteiger partial charge in [0.1, 0.15) is 11.9 Å². The van der Waals surface area contributed by atoms with E-state index in [-0.39, 0.29) is 16.5 Å². The van der Waals surface area contributed by atoms with E-state index in [1.807, 2.05) is 6.07 Å². The van der Waals surface area contributed by atoms with Gasteiger partial charge in [0.05, 0.1) is 10.7 Å². The number of nitrogens with one attached hydrogen (secondary N) is 1. The quantitative estimate of drug-likeness (QED) is 0.888. The van der Waals surface area contributed by atoms with Gasteiger partial charge >= 0.3 is 0 Å². The molecule has 1 N–H and O–H groups in total. The van der Waals surface area contributed by atoms with Crippen molar-refractivity contribution in [3.05, 3.63) is 47.1 Å². The zero-order chi connectivity index (χ0) is 12.3. The van der Waals surface area contributed by atoms with Crippen LogP contribution in [0, 0.1) is 17.1 Å². The third-order valence-corrected chi connectivity index (χ3v) is 2.30. The molecule has 0 fully saturated rings. The largest absolute Gasteiger partial charge is 0.337 e. The summed E-state index contributed by atoms with van der Waals surface area (Å²) in [4.78, 5) is 7.80. The average Bonchev–Trinajstić information content (AvgIpc) is 2.33. The molecule has 1 heterocycles. The van der Waals surface area contributed by atoms with Crippen molar-refractivity contribution in [3.8, 4) is 6.07 Å². The maximum absolute atomic E-state index is 12.8. The van der Waals surface area contributed by atoms with Gasteiger partial charge < -0.3 is 5.32 Å². The molecule has 2 aromatic rings. The van der Waals surface area contributed by atoms with Crippen molar-refractivity contribution in [2.45, 2.75) is 0 Å². The van der Waals surface area contributed by atoms with E-state index in [1.54, 1.807) is 0 Å². The number of benzene rings is 1. The number of nitrogens with zero attached hydrogens (tertiary/aromatic N) is 3. The topological polar surface area (TPSA) is 61.6 Å². The Bertz CT molecular complexity index is 594. The van der Waals surface area contributed by atoms with Gasteiger partial charge in [0.2, 0.25) is 0 Å². The summed E-state index contributed by atoms with van der Waals surface area (Å²) < 4.78 is 12.8. The van der Waals surface area contributed by atoms with Gasteiger partial charge in [-0.15, -0.1) is 0 Å². The van der Waals surface area contributed by atoms with E-state index < -0.39 is 5.82 Å². The first kappa shape index (κ1) is 11.3. The molecule has 0 saturated carbocycles. The first-order valence-corrected chi connectivity index (χ1v) is 5.01.